The number of fused-ring (bicyclic) bond motifs is 5. The SMILES string of the molecule is Fc1cc(-c2cc3cc4c(cc3s2)sc2cc3sc(-c5ccc(-c6ccccc6)c(F)c5)cc3cc24)ccc1-c1ccccc1. The Balaban J connectivity index is 1.08. The minimum Gasteiger partial charge on any atom is -0.206 e. The molecule has 0 radical (unpaired) electrons. The van der Waals surface area contributed by atoms with Gasteiger partial charge in [0.1, 0.15) is 11.6 Å². The number of halogens is 2. The zero-order valence-corrected chi connectivity index (χ0v) is 26.1. The summed E-state index contributed by atoms with van der Waals surface area (Å²) in [5.74, 6) is -0.422. The molecule has 0 amide bonds. The first-order valence-corrected chi connectivity index (χ1v) is 17.1. The molecule has 6 aromatic carbocycles. The van der Waals surface area contributed by atoms with Crippen LogP contribution in [-0.2, 0) is 0 Å². The summed E-state index contributed by atoms with van der Waals surface area (Å²) in [5, 5.41) is 4.78. The molecule has 0 nitrogen and oxygen atoms in total. The number of hydrogen-bond acceptors (Lipinski definition) is 3. The van der Waals surface area contributed by atoms with Gasteiger partial charge in [-0.3, -0.25) is 0 Å². The second-order valence-electron chi connectivity index (χ2n) is 11.2. The number of benzene rings is 6. The second-order valence-corrected chi connectivity index (χ2v) is 14.5. The van der Waals surface area contributed by atoms with Crippen molar-refractivity contribution < 1.29 is 8.78 Å². The molecule has 0 fully saturated rings. The van der Waals surface area contributed by atoms with Crippen molar-refractivity contribution in [2.24, 2.45) is 0 Å². The molecule has 214 valence electrons. The molecule has 3 heterocycles. The largest absolute Gasteiger partial charge is 0.206 e. The first-order chi connectivity index (χ1) is 22.1. The zero-order chi connectivity index (χ0) is 30.1. The lowest BCUT2D eigenvalue weighted by Gasteiger charge is -2.05. The quantitative estimate of drug-likeness (QED) is 0.180. The molecular formula is C40H22F2S3. The van der Waals surface area contributed by atoms with E-state index >= 15 is 8.78 Å². The Hall–Kier alpha value is -4.68. The van der Waals surface area contributed by atoms with Crippen LogP contribution in [0.2, 0.25) is 0 Å². The van der Waals surface area contributed by atoms with Gasteiger partial charge in [0.15, 0.2) is 0 Å². The van der Waals surface area contributed by atoms with E-state index in [1.54, 1.807) is 46.1 Å². The first-order valence-electron chi connectivity index (χ1n) is 14.6. The topological polar surface area (TPSA) is 0 Å². The third-order valence-electron chi connectivity index (χ3n) is 8.42. The molecule has 9 rings (SSSR count). The smallest absolute Gasteiger partial charge is 0.131 e. The monoisotopic (exact) mass is 636 g/mol. The van der Waals surface area contributed by atoms with Crippen molar-refractivity contribution in [1.82, 2.24) is 0 Å². The molecule has 45 heavy (non-hydrogen) atoms. The Morgan fingerprint density at radius 1 is 0.356 bits per heavy atom. The maximum absolute atomic E-state index is 15.2. The zero-order valence-electron chi connectivity index (χ0n) is 23.7. The first kappa shape index (κ1) is 26.7. The van der Waals surface area contributed by atoms with Crippen molar-refractivity contribution in [2.45, 2.75) is 0 Å². The molecule has 0 bridgehead atoms. The van der Waals surface area contributed by atoms with Gasteiger partial charge in [-0.05, 0) is 81.6 Å². The molecule has 3 aromatic heterocycles. The van der Waals surface area contributed by atoms with Crippen LogP contribution in [0.5, 0.6) is 0 Å². The van der Waals surface area contributed by atoms with Gasteiger partial charge in [-0.1, -0.05) is 84.9 Å². The Bertz CT molecular complexity index is 2380. The van der Waals surface area contributed by atoms with E-state index in [-0.39, 0.29) is 11.6 Å². The van der Waals surface area contributed by atoms with E-state index in [2.05, 4.69) is 36.4 Å². The molecule has 0 unspecified atom stereocenters. The number of hydrogen-bond donors (Lipinski definition) is 0. The Labute approximate surface area is 270 Å². The van der Waals surface area contributed by atoms with Gasteiger partial charge in [-0.2, -0.15) is 0 Å². The van der Waals surface area contributed by atoms with Crippen molar-refractivity contribution in [1.29, 1.82) is 0 Å². The van der Waals surface area contributed by atoms with Crippen molar-refractivity contribution >= 4 is 74.4 Å². The van der Waals surface area contributed by atoms with Crippen molar-refractivity contribution in [2.75, 3.05) is 0 Å². The average Bonchev–Trinajstić information content (AvgIpc) is 3.77. The Kier molecular flexibility index (Phi) is 6.20. The van der Waals surface area contributed by atoms with Crippen LogP contribution in [0, 0.1) is 11.6 Å². The second kappa shape index (κ2) is 10.5. The highest BCUT2D eigenvalue weighted by Crippen LogP contribution is 2.44. The molecular weight excluding hydrogens is 615 g/mol. The van der Waals surface area contributed by atoms with Crippen molar-refractivity contribution in [3.63, 3.8) is 0 Å². The summed E-state index contributed by atoms with van der Waals surface area (Å²) in [6.07, 6.45) is 0. The maximum atomic E-state index is 15.2. The Morgan fingerprint density at radius 3 is 1.22 bits per heavy atom. The van der Waals surface area contributed by atoms with Gasteiger partial charge in [-0.15, -0.1) is 34.0 Å². The highest BCUT2D eigenvalue weighted by atomic mass is 32.1. The van der Waals surface area contributed by atoms with Gasteiger partial charge in [0, 0.05) is 50.5 Å². The highest BCUT2D eigenvalue weighted by Gasteiger charge is 2.15. The summed E-state index contributed by atoms with van der Waals surface area (Å²) in [6, 6.07) is 43.9. The van der Waals surface area contributed by atoms with E-state index < -0.39 is 0 Å². The summed E-state index contributed by atoms with van der Waals surface area (Å²) < 4.78 is 35.2. The summed E-state index contributed by atoms with van der Waals surface area (Å²) in [5.41, 5.74) is 4.77. The van der Waals surface area contributed by atoms with E-state index in [4.69, 9.17) is 0 Å². The Morgan fingerprint density at radius 2 is 0.800 bits per heavy atom. The van der Waals surface area contributed by atoms with E-state index in [1.807, 2.05) is 84.9 Å². The molecule has 9 aromatic rings. The third kappa shape index (κ3) is 4.58. The molecule has 5 heteroatoms. The summed E-state index contributed by atoms with van der Waals surface area (Å²) in [6.45, 7) is 0. The van der Waals surface area contributed by atoms with E-state index in [9.17, 15) is 0 Å². The molecule has 0 N–H and O–H groups in total. The standard InChI is InChI=1S/C40H22F2S3/c41-33-17-25(11-13-29(33)23-7-3-1-4-8-23)35-19-27-15-31-32-16-28-20-36(44-38(28)22-40(32)45-39(31)21-37(27)43-35)26-12-14-30(34(42)18-26)24-9-5-2-6-10-24/h1-22H. The van der Waals surface area contributed by atoms with Gasteiger partial charge in [0.2, 0.25) is 0 Å². The lowest BCUT2D eigenvalue weighted by molar-refractivity contribution is 0.631. The van der Waals surface area contributed by atoms with Crippen LogP contribution in [-0.4, -0.2) is 0 Å². The van der Waals surface area contributed by atoms with Crippen molar-refractivity contribution in [3.8, 4) is 43.1 Å². The normalized spacial score (nSPS) is 11.8. The van der Waals surface area contributed by atoms with Crippen LogP contribution in [0.3, 0.4) is 0 Å². The number of thiophene rings is 3. The van der Waals surface area contributed by atoms with Crippen LogP contribution >= 0.6 is 34.0 Å². The molecule has 0 saturated carbocycles. The molecule has 0 aliphatic carbocycles. The lowest BCUT2D eigenvalue weighted by Crippen LogP contribution is -1.85. The fourth-order valence-electron chi connectivity index (χ4n) is 6.17. The van der Waals surface area contributed by atoms with Gasteiger partial charge in [0.05, 0.1) is 0 Å². The minimum atomic E-state index is -0.211. The fraction of sp³-hybridized carbons (Fsp3) is 0. The van der Waals surface area contributed by atoms with Gasteiger partial charge < -0.3 is 0 Å². The maximum Gasteiger partial charge on any atom is 0.131 e. The average molecular weight is 637 g/mol. The third-order valence-corrected chi connectivity index (χ3v) is 11.8. The van der Waals surface area contributed by atoms with Crippen molar-refractivity contribution in [3.05, 3.63) is 145 Å². The van der Waals surface area contributed by atoms with E-state index in [1.165, 1.54) is 29.6 Å². The predicted molar refractivity (Wildman–Crippen MR) is 192 cm³/mol. The van der Waals surface area contributed by atoms with E-state index in [0.29, 0.717) is 11.1 Å². The highest BCUT2D eigenvalue weighted by molar-refractivity contribution is 7.27. The van der Waals surface area contributed by atoms with Crippen LogP contribution in [0.4, 0.5) is 8.78 Å². The molecule has 0 saturated heterocycles. The summed E-state index contributed by atoms with van der Waals surface area (Å²) in [7, 11) is 0. The van der Waals surface area contributed by atoms with Gasteiger partial charge in [-0.25, -0.2) is 8.78 Å². The molecule has 0 aliphatic rings. The van der Waals surface area contributed by atoms with Crippen LogP contribution < -0.4 is 0 Å². The van der Waals surface area contributed by atoms with Gasteiger partial charge >= 0.3 is 0 Å². The molecule has 0 spiro atoms. The van der Waals surface area contributed by atoms with E-state index in [0.717, 1.165) is 42.8 Å². The molecule has 0 aliphatic heterocycles. The van der Waals surface area contributed by atoms with Crippen LogP contribution in [0.25, 0.3) is 83.5 Å². The van der Waals surface area contributed by atoms with Crippen LogP contribution in [0.15, 0.2) is 133 Å². The number of rotatable bonds is 4. The van der Waals surface area contributed by atoms with Gasteiger partial charge in [0.25, 0.3) is 0 Å². The van der Waals surface area contributed by atoms with Crippen LogP contribution in [0.1, 0.15) is 0 Å². The summed E-state index contributed by atoms with van der Waals surface area (Å²) >= 11 is 5.20. The predicted octanol–water partition coefficient (Wildman–Crippen LogP) is 13.4. The lowest BCUT2D eigenvalue weighted by atomic mass is 10.0. The minimum absolute atomic E-state index is 0.211. The molecule has 0 atom stereocenters. The summed E-state index contributed by atoms with van der Waals surface area (Å²) in [4.78, 5) is 2.11. The fourth-order valence-corrected chi connectivity index (χ4v) is 9.63.